The fraction of sp³-hybridized carbons (Fsp3) is 0.200. The van der Waals surface area contributed by atoms with Crippen molar-refractivity contribution in [3.8, 4) is 0 Å². The van der Waals surface area contributed by atoms with Crippen LogP contribution in [0.2, 0.25) is 0 Å². The Morgan fingerprint density at radius 2 is 2.11 bits per heavy atom. The van der Waals surface area contributed by atoms with Crippen molar-refractivity contribution in [2.75, 3.05) is 5.32 Å². The summed E-state index contributed by atoms with van der Waals surface area (Å²) in [4.78, 5) is 16.2. The van der Waals surface area contributed by atoms with E-state index in [1.807, 2.05) is 24.3 Å². The second kappa shape index (κ2) is 6.11. The van der Waals surface area contributed by atoms with Crippen molar-refractivity contribution >= 4 is 11.6 Å². The van der Waals surface area contributed by atoms with Gasteiger partial charge in [-0.2, -0.15) is 0 Å². The first kappa shape index (κ1) is 13.2. The Hall–Kier alpha value is -2.20. The van der Waals surface area contributed by atoms with Gasteiger partial charge in [0.2, 0.25) is 0 Å². The molecule has 0 aliphatic heterocycles. The van der Waals surface area contributed by atoms with E-state index in [0.717, 1.165) is 23.2 Å². The number of rotatable bonds is 4. The Bertz CT molecular complexity index is 581. The van der Waals surface area contributed by atoms with E-state index in [1.54, 1.807) is 18.3 Å². The van der Waals surface area contributed by atoms with Crippen molar-refractivity contribution in [1.29, 1.82) is 0 Å². The van der Waals surface area contributed by atoms with Gasteiger partial charge in [0.25, 0.3) is 5.91 Å². The predicted octanol–water partition coefficient (Wildman–Crippen LogP) is 2.36. The largest absolute Gasteiger partial charge is 0.326 e. The van der Waals surface area contributed by atoms with Gasteiger partial charge < -0.3 is 11.1 Å². The number of hydrogen-bond acceptors (Lipinski definition) is 3. The van der Waals surface area contributed by atoms with Gasteiger partial charge in [0, 0.05) is 18.4 Å². The molecule has 0 fully saturated rings. The zero-order chi connectivity index (χ0) is 13.7. The lowest BCUT2D eigenvalue weighted by atomic mass is 10.1. The van der Waals surface area contributed by atoms with Gasteiger partial charge in [0.05, 0.1) is 0 Å². The maximum absolute atomic E-state index is 12.1. The topological polar surface area (TPSA) is 68.0 Å². The van der Waals surface area contributed by atoms with Crippen molar-refractivity contribution in [1.82, 2.24) is 4.98 Å². The van der Waals surface area contributed by atoms with E-state index in [2.05, 4.69) is 17.2 Å². The quantitative estimate of drug-likeness (QED) is 0.881. The Morgan fingerprint density at radius 1 is 1.32 bits per heavy atom. The molecular formula is C15H17N3O. The number of para-hydroxylation sites is 1. The molecule has 0 aliphatic rings. The number of hydrogen-bond donors (Lipinski definition) is 2. The summed E-state index contributed by atoms with van der Waals surface area (Å²) in [5.74, 6) is -0.212. The molecule has 2 aromatic rings. The summed E-state index contributed by atoms with van der Waals surface area (Å²) in [5, 5.41) is 2.89. The van der Waals surface area contributed by atoms with E-state index in [9.17, 15) is 4.79 Å². The minimum atomic E-state index is -0.212. The van der Waals surface area contributed by atoms with Gasteiger partial charge in [0.1, 0.15) is 5.69 Å². The first-order valence-corrected chi connectivity index (χ1v) is 6.29. The van der Waals surface area contributed by atoms with Crippen LogP contribution in [0.15, 0.2) is 42.6 Å². The lowest BCUT2D eigenvalue weighted by Gasteiger charge is -2.09. The highest BCUT2D eigenvalue weighted by atomic mass is 16.1. The van der Waals surface area contributed by atoms with Crippen LogP contribution in [0.25, 0.3) is 0 Å². The van der Waals surface area contributed by atoms with Crippen molar-refractivity contribution in [2.45, 2.75) is 19.9 Å². The average Bonchev–Trinajstić information content (AvgIpc) is 2.47. The smallest absolute Gasteiger partial charge is 0.274 e. The fourth-order valence-electron chi connectivity index (χ4n) is 1.86. The van der Waals surface area contributed by atoms with Crippen LogP contribution in [0.4, 0.5) is 5.69 Å². The van der Waals surface area contributed by atoms with Gasteiger partial charge in [-0.1, -0.05) is 25.1 Å². The number of carbonyl (C=O) groups is 1. The van der Waals surface area contributed by atoms with Crippen molar-refractivity contribution in [2.24, 2.45) is 5.73 Å². The van der Waals surface area contributed by atoms with Crippen molar-refractivity contribution in [3.63, 3.8) is 0 Å². The van der Waals surface area contributed by atoms with Crippen LogP contribution < -0.4 is 11.1 Å². The zero-order valence-electron chi connectivity index (χ0n) is 10.9. The summed E-state index contributed by atoms with van der Waals surface area (Å²) in [6.45, 7) is 2.45. The van der Waals surface area contributed by atoms with Gasteiger partial charge in [0.15, 0.2) is 0 Å². The first-order chi connectivity index (χ1) is 9.24. The number of nitrogens with zero attached hydrogens (tertiary/aromatic N) is 1. The number of aryl methyl sites for hydroxylation is 1. The Kier molecular flexibility index (Phi) is 4.26. The molecule has 0 spiro atoms. The Balaban J connectivity index is 2.20. The second-order valence-corrected chi connectivity index (χ2v) is 4.22. The zero-order valence-corrected chi connectivity index (χ0v) is 10.9. The normalized spacial score (nSPS) is 10.2. The van der Waals surface area contributed by atoms with Crippen molar-refractivity contribution in [3.05, 3.63) is 59.4 Å². The minimum absolute atomic E-state index is 0.212. The maximum atomic E-state index is 12.1. The third kappa shape index (κ3) is 3.17. The number of carbonyl (C=O) groups excluding carboxylic acids is 1. The molecule has 3 N–H and O–H groups in total. The number of nitrogens with one attached hydrogen (secondary N) is 1. The molecule has 0 atom stereocenters. The lowest BCUT2D eigenvalue weighted by Crippen LogP contribution is -2.15. The van der Waals surface area contributed by atoms with Gasteiger partial charge in [-0.3, -0.25) is 9.78 Å². The summed E-state index contributed by atoms with van der Waals surface area (Å²) in [6.07, 6.45) is 2.47. The predicted molar refractivity (Wildman–Crippen MR) is 75.9 cm³/mol. The standard InChI is InChI=1S/C15H17N3O/c1-2-12-5-3-4-6-13(12)18-15(19)14-9-11(10-16)7-8-17-14/h3-9H,2,10,16H2,1H3,(H,18,19). The molecule has 0 saturated heterocycles. The molecular weight excluding hydrogens is 238 g/mol. The van der Waals surface area contributed by atoms with E-state index >= 15 is 0 Å². The fourth-order valence-corrected chi connectivity index (χ4v) is 1.86. The Labute approximate surface area is 112 Å². The van der Waals surface area contributed by atoms with Crippen LogP contribution >= 0.6 is 0 Å². The molecule has 1 heterocycles. The SMILES string of the molecule is CCc1ccccc1NC(=O)c1cc(CN)ccn1. The molecule has 4 heteroatoms. The minimum Gasteiger partial charge on any atom is -0.326 e. The van der Waals surface area contributed by atoms with Crippen LogP contribution in [-0.4, -0.2) is 10.9 Å². The molecule has 98 valence electrons. The molecule has 4 nitrogen and oxygen atoms in total. The van der Waals surface area contributed by atoms with Crippen LogP contribution in [0.3, 0.4) is 0 Å². The molecule has 1 amide bonds. The molecule has 0 radical (unpaired) electrons. The molecule has 0 aliphatic carbocycles. The summed E-state index contributed by atoms with van der Waals surface area (Å²) >= 11 is 0. The molecule has 19 heavy (non-hydrogen) atoms. The Morgan fingerprint density at radius 3 is 2.84 bits per heavy atom. The number of amides is 1. The van der Waals surface area contributed by atoms with Crippen molar-refractivity contribution < 1.29 is 4.79 Å². The third-order valence-electron chi connectivity index (χ3n) is 2.94. The molecule has 1 aromatic carbocycles. The lowest BCUT2D eigenvalue weighted by molar-refractivity contribution is 0.102. The van der Waals surface area contributed by atoms with E-state index in [-0.39, 0.29) is 5.91 Å². The van der Waals surface area contributed by atoms with Gasteiger partial charge in [-0.05, 0) is 35.7 Å². The molecule has 0 saturated carbocycles. The number of nitrogens with two attached hydrogens (primary N) is 1. The summed E-state index contributed by atoms with van der Waals surface area (Å²) in [7, 11) is 0. The number of pyridine rings is 1. The number of aromatic nitrogens is 1. The van der Waals surface area contributed by atoms with E-state index in [4.69, 9.17) is 5.73 Å². The van der Waals surface area contributed by atoms with Gasteiger partial charge >= 0.3 is 0 Å². The second-order valence-electron chi connectivity index (χ2n) is 4.22. The molecule has 0 unspecified atom stereocenters. The average molecular weight is 255 g/mol. The summed E-state index contributed by atoms with van der Waals surface area (Å²) in [5.41, 5.74) is 8.76. The van der Waals surface area contributed by atoms with Crippen LogP contribution in [0, 0.1) is 0 Å². The van der Waals surface area contributed by atoms with Gasteiger partial charge in [-0.25, -0.2) is 0 Å². The highest BCUT2D eigenvalue weighted by molar-refractivity contribution is 6.03. The summed E-state index contributed by atoms with van der Waals surface area (Å²) < 4.78 is 0. The van der Waals surface area contributed by atoms with E-state index < -0.39 is 0 Å². The monoisotopic (exact) mass is 255 g/mol. The highest BCUT2D eigenvalue weighted by Crippen LogP contribution is 2.16. The highest BCUT2D eigenvalue weighted by Gasteiger charge is 2.09. The molecule has 0 bridgehead atoms. The summed E-state index contributed by atoms with van der Waals surface area (Å²) in [6, 6.07) is 11.3. The van der Waals surface area contributed by atoms with Crippen LogP contribution in [-0.2, 0) is 13.0 Å². The number of benzene rings is 1. The maximum Gasteiger partial charge on any atom is 0.274 e. The molecule has 1 aromatic heterocycles. The third-order valence-corrected chi connectivity index (χ3v) is 2.94. The first-order valence-electron chi connectivity index (χ1n) is 6.29. The molecule has 2 rings (SSSR count). The van der Waals surface area contributed by atoms with Gasteiger partial charge in [-0.15, -0.1) is 0 Å². The van der Waals surface area contributed by atoms with Crippen LogP contribution in [0.5, 0.6) is 0 Å². The van der Waals surface area contributed by atoms with E-state index in [0.29, 0.717) is 12.2 Å². The van der Waals surface area contributed by atoms with E-state index in [1.165, 1.54) is 0 Å². The number of anilines is 1. The van der Waals surface area contributed by atoms with Crippen LogP contribution in [0.1, 0.15) is 28.5 Å².